The van der Waals surface area contributed by atoms with Gasteiger partial charge >= 0.3 is 13.6 Å². The van der Waals surface area contributed by atoms with Gasteiger partial charge in [0.2, 0.25) is 6.23 Å². The molecule has 1 unspecified atom stereocenters. The van der Waals surface area contributed by atoms with Gasteiger partial charge in [-0.1, -0.05) is 6.58 Å². The fourth-order valence-electron chi connectivity index (χ4n) is 1.26. The Bertz CT molecular complexity index is 360. The van der Waals surface area contributed by atoms with Crippen LogP contribution in [0.2, 0.25) is 0 Å². The summed E-state index contributed by atoms with van der Waals surface area (Å²) < 4.78 is 16.3. The van der Waals surface area contributed by atoms with Crippen LogP contribution in [0.25, 0.3) is 0 Å². The van der Waals surface area contributed by atoms with Crippen molar-refractivity contribution in [1.29, 1.82) is 0 Å². The molecule has 0 aliphatic heterocycles. The summed E-state index contributed by atoms with van der Waals surface area (Å²) in [4.78, 5) is 28.9. The lowest BCUT2D eigenvalue weighted by molar-refractivity contribution is -0.932. The van der Waals surface area contributed by atoms with Crippen molar-refractivity contribution in [3.05, 3.63) is 12.2 Å². The summed E-state index contributed by atoms with van der Waals surface area (Å²) in [6, 6.07) is 0. The maximum atomic E-state index is 11.4. The smallest absolute Gasteiger partial charge is 0.337 e. The Kier molecular flexibility index (Phi) is 6.23. The third-order valence-electron chi connectivity index (χ3n) is 2.79. The molecule has 0 radical (unpaired) electrons. The normalized spacial score (nSPS) is 14.1. The second kappa shape index (κ2) is 6.48. The van der Waals surface area contributed by atoms with E-state index in [9.17, 15) is 9.36 Å². The molecule has 106 valence electrons. The zero-order valence-corrected chi connectivity index (χ0v) is 12.3. The van der Waals surface area contributed by atoms with E-state index >= 15 is 0 Å². The van der Waals surface area contributed by atoms with E-state index < -0.39 is 19.8 Å². The molecule has 0 aliphatic carbocycles. The zero-order chi connectivity index (χ0) is 14.6. The highest BCUT2D eigenvalue weighted by Crippen LogP contribution is 2.35. The molecule has 0 fully saturated rings. The number of hydrogen-bond donors (Lipinski definition) is 2. The van der Waals surface area contributed by atoms with E-state index in [0.29, 0.717) is 23.0 Å². The van der Waals surface area contributed by atoms with E-state index in [1.54, 1.807) is 13.8 Å². The monoisotopic (exact) mass is 280 g/mol. The molecule has 18 heavy (non-hydrogen) atoms. The van der Waals surface area contributed by atoms with E-state index in [1.807, 2.05) is 14.1 Å². The maximum Gasteiger partial charge on any atom is 0.337 e. The Morgan fingerprint density at radius 1 is 1.44 bits per heavy atom. The van der Waals surface area contributed by atoms with Gasteiger partial charge in [0.15, 0.2) is 0 Å². The van der Waals surface area contributed by atoms with Crippen LogP contribution in [0.15, 0.2) is 12.2 Å². The summed E-state index contributed by atoms with van der Waals surface area (Å²) in [7, 11) is -0.270. The lowest BCUT2D eigenvalue weighted by atomic mass is 10.3. The minimum Gasteiger partial charge on any atom is -0.409 e. The van der Waals surface area contributed by atoms with Gasteiger partial charge in [-0.25, -0.2) is 4.79 Å². The molecule has 0 bridgehead atoms. The van der Waals surface area contributed by atoms with Crippen molar-refractivity contribution in [2.24, 2.45) is 0 Å². The Labute approximate surface area is 108 Å². The van der Waals surface area contributed by atoms with E-state index in [-0.39, 0.29) is 6.16 Å². The largest absolute Gasteiger partial charge is 0.409 e. The first kappa shape index (κ1) is 17.3. The summed E-state index contributed by atoms with van der Waals surface area (Å²) in [6.45, 7) is 7.33. The van der Waals surface area contributed by atoms with Crippen molar-refractivity contribution in [2.75, 3.05) is 26.8 Å². The number of nitrogens with zero attached hydrogens (tertiary/aromatic N) is 1. The molecule has 0 aromatic rings. The van der Waals surface area contributed by atoms with Crippen molar-refractivity contribution in [3.63, 3.8) is 0 Å². The van der Waals surface area contributed by atoms with Gasteiger partial charge in [-0.3, -0.25) is 9.05 Å². The number of carbonyl (C=O) groups excluding carboxylic acids is 1. The van der Waals surface area contributed by atoms with Crippen LogP contribution < -0.4 is 0 Å². The number of esters is 1. The van der Waals surface area contributed by atoms with Crippen LogP contribution in [0.3, 0.4) is 0 Å². The number of rotatable bonds is 7. The molecule has 2 N–H and O–H groups in total. The van der Waals surface area contributed by atoms with Crippen LogP contribution in [0.5, 0.6) is 0 Å². The first-order valence-electron chi connectivity index (χ1n) is 5.69. The quantitative estimate of drug-likeness (QED) is 0.240. The summed E-state index contributed by atoms with van der Waals surface area (Å²) in [6.07, 6.45) is -0.187. The van der Waals surface area contributed by atoms with Gasteiger partial charge in [-0.05, 0) is 6.92 Å². The number of hydrogen-bond acceptors (Lipinski definition) is 3. The van der Waals surface area contributed by atoms with Gasteiger partial charge in [0.25, 0.3) is 0 Å². The van der Waals surface area contributed by atoms with Crippen LogP contribution in [0.4, 0.5) is 0 Å². The minimum atomic E-state index is -3.96. The fourth-order valence-corrected chi connectivity index (χ4v) is 1.82. The third kappa shape index (κ3) is 6.91. The molecule has 0 heterocycles. The molecule has 0 aromatic carbocycles. The average molecular weight is 280 g/mol. The Morgan fingerprint density at radius 3 is 2.33 bits per heavy atom. The summed E-state index contributed by atoms with van der Waals surface area (Å²) >= 11 is 0. The van der Waals surface area contributed by atoms with Gasteiger partial charge in [0.1, 0.15) is 0 Å². The molecule has 0 rings (SSSR count). The van der Waals surface area contributed by atoms with Gasteiger partial charge in [-0.15, -0.1) is 0 Å². The second-order valence-corrected chi connectivity index (χ2v) is 6.81. The van der Waals surface area contributed by atoms with E-state index in [0.717, 1.165) is 0 Å². The molecule has 0 aromatic heterocycles. The van der Waals surface area contributed by atoms with Crippen molar-refractivity contribution < 1.29 is 28.4 Å². The van der Waals surface area contributed by atoms with Crippen LogP contribution >= 0.6 is 7.60 Å². The molecule has 0 aliphatic rings. The number of ether oxygens (including phenoxy) is 1. The summed E-state index contributed by atoms with van der Waals surface area (Å²) in [5, 5.41) is 0. The molecule has 1 atom stereocenters. The molecule has 0 saturated heterocycles. The first-order chi connectivity index (χ1) is 7.96. The van der Waals surface area contributed by atoms with Crippen molar-refractivity contribution >= 4 is 13.6 Å². The Hall–Kier alpha value is -0.680. The predicted molar refractivity (Wildman–Crippen MR) is 68.9 cm³/mol. The lowest BCUT2D eigenvalue weighted by Crippen LogP contribution is -2.50. The fraction of sp³-hybridized carbons (Fsp3) is 0.727. The minimum absolute atomic E-state index is 0.157. The molecule has 7 heteroatoms. The van der Waals surface area contributed by atoms with E-state index in [1.165, 1.54) is 0 Å². The Morgan fingerprint density at radius 2 is 1.94 bits per heavy atom. The topological polar surface area (TPSA) is 83.8 Å². The molecule has 0 saturated carbocycles. The summed E-state index contributed by atoms with van der Waals surface area (Å²) in [5.41, 5.74) is 0.331. The SMILES string of the molecule is C=C(C)C(=O)OC(C)[N+](C)(C)CCCP(=O)(O)O. The zero-order valence-electron chi connectivity index (χ0n) is 11.4. The van der Waals surface area contributed by atoms with Crippen molar-refractivity contribution in [2.45, 2.75) is 26.5 Å². The second-order valence-electron chi connectivity index (χ2n) is 5.03. The van der Waals surface area contributed by atoms with Crippen molar-refractivity contribution in [3.8, 4) is 0 Å². The molecule has 6 nitrogen and oxygen atoms in total. The standard InChI is InChI=1S/C11H22NO5P/c1-9(2)11(13)17-10(3)12(4,5)7-6-8-18(14,15)16/h10H,1,6-8H2,2-5H3,(H-,14,15,16)/p+1. The van der Waals surface area contributed by atoms with Crippen LogP contribution in [0, 0.1) is 0 Å². The summed E-state index contributed by atoms with van der Waals surface area (Å²) in [5.74, 6) is -0.455. The van der Waals surface area contributed by atoms with E-state index in [4.69, 9.17) is 14.5 Å². The van der Waals surface area contributed by atoms with Crippen LogP contribution in [0.1, 0.15) is 20.3 Å². The van der Waals surface area contributed by atoms with Gasteiger partial charge in [-0.2, -0.15) is 0 Å². The average Bonchev–Trinajstić information content (AvgIpc) is 2.14. The number of quaternary nitrogens is 1. The Balaban J connectivity index is 4.31. The van der Waals surface area contributed by atoms with Crippen molar-refractivity contribution in [1.82, 2.24) is 0 Å². The predicted octanol–water partition coefficient (Wildman–Crippen LogP) is 1.10. The van der Waals surface area contributed by atoms with Crippen LogP contribution in [-0.4, -0.2) is 53.3 Å². The molecular formula is C11H23NO5P+. The number of carbonyl (C=O) groups is 1. The first-order valence-corrected chi connectivity index (χ1v) is 7.49. The maximum absolute atomic E-state index is 11.4. The van der Waals surface area contributed by atoms with Gasteiger partial charge in [0, 0.05) is 18.9 Å². The highest BCUT2D eigenvalue weighted by Gasteiger charge is 2.28. The third-order valence-corrected chi connectivity index (χ3v) is 3.69. The van der Waals surface area contributed by atoms with Crippen LogP contribution in [-0.2, 0) is 14.1 Å². The highest BCUT2D eigenvalue weighted by molar-refractivity contribution is 7.51. The van der Waals surface area contributed by atoms with Gasteiger partial charge < -0.3 is 14.5 Å². The van der Waals surface area contributed by atoms with Gasteiger partial charge in [0.05, 0.1) is 26.8 Å². The van der Waals surface area contributed by atoms with E-state index in [2.05, 4.69) is 6.58 Å². The molecule has 0 amide bonds. The highest BCUT2D eigenvalue weighted by atomic mass is 31.2. The lowest BCUT2D eigenvalue weighted by Gasteiger charge is -2.35. The molecular weight excluding hydrogens is 257 g/mol. The molecule has 0 spiro atoms.